The quantitative estimate of drug-likeness (QED) is 0.744. The molecule has 0 unspecified atom stereocenters. The molecule has 0 aromatic carbocycles. The molecule has 1 aromatic rings. The molecule has 0 amide bonds. The van der Waals surface area contributed by atoms with Gasteiger partial charge in [-0.1, -0.05) is 0 Å². The van der Waals surface area contributed by atoms with Gasteiger partial charge in [-0.15, -0.1) is 0 Å². The minimum absolute atomic E-state index is 0.0597. The number of ether oxygens (including phenoxy) is 2. The van der Waals surface area contributed by atoms with Crippen LogP contribution in [-0.2, 0) is 9.53 Å². The maximum absolute atomic E-state index is 12.8. The van der Waals surface area contributed by atoms with Crippen molar-refractivity contribution in [3.63, 3.8) is 0 Å². The molecule has 1 aliphatic heterocycles. The molecule has 3 fully saturated rings. The van der Waals surface area contributed by atoms with E-state index < -0.39 is 18.1 Å². The number of alkyl halides is 3. The van der Waals surface area contributed by atoms with Crippen LogP contribution in [0.1, 0.15) is 32.1 Å². The standard InChI is InChI=1S/C21H27F3N2O4/c22-21(23,24)14-3-1-13(2-4-14)12-30-16-7-15(9-25-10-16)26-5-6-29-19(11-26)17-8-18(17)20(27)28/h7,9-10,13-14,17-19H,1-6,8,11-12H2,(H,27,28)/t13?,14?,17-,18-,19+/m0/s1. The molecule has 30 heavy (non-hydrogen) atoms. The Morgan fingerprint density at radius 3 is 2.70 bits per heavy atom. The van der Waals surface area contributed by atoms with E-state index in [-0.39, 0.29) is 36.7 Å². The average Bonchev–Trinajstić information content (AvgIpc) is 3.54. The van der Waals surface area contributed by atoms with E-state index in [9.17, 15) is 18.0 Å². The lowest BCUT2D eigenvalue weighted by molar-refractivity contribution is -0.184. The van der Waals surface area contributed by atoms with E-state index in [1.807, 2.05) is 6.07 Å². The van der Waals surface area contributed by atoms with E-state index in [1.54, 1.807) is 12.4 Å². The summed E-state index contributed by atoms with van der Waals surface area (Å²) in [6.45, 7) is 2.22. The zero-order chi connectivity index (χ0) is 21.3. The topological polar surface area (TPSA) is 71.9 Å². The van der Waals surface area contributed by atoms with Crippen LogP contribution in [0.5, 0.6) is 5.75 Å². The molecule has 3 aliphatic rings. The lowest BCUT2D eigenvalue weighted by Gasteiger charge is -2.34. The Morgan fingerprint density at radius 1 is 1.27 bits per heavy atom. The van der Waals surface area contributed by atoms with E-state index in [0.29, 0.717) is 51.3 Å². The lowest BCUT2D eigenvalue weighted by atomic mass is 9.82. The van der Waals surface area contributed by atoms with Gasteiger partial charge in [0, 0.05) is 25.1 Å². The monoisotopic (exact) mass is 428 g/mol. The van der Waals surface area contributed by atoms with Crippen LogP contribution in [0.4, 0.5) is 18.9 Å². The second-order valence-corrected chi connectivity index (χ2v) is 8.65. The Balaban J connectivity index is 1.28. The summed E-state index contributed by atoms with van der Waals surface area (Å²) < 4.78 is 50.0. The van der Waals surface area contributed by atoms with Gasteiger partial charge in [-0.05, 0) is 38.0 Å². The number of halogens is 3. The molecule has 4 rings (SSSR count). The van der Waals surface area contributed by atoms with Crippen molar-refractivity contribution in [1.82, 2.24) is 4.98 Å². The van der Waals surface area contributed by atoms with Crippen LogP contribution in [0.2, 0.25) is 0 Å². The van der Waals surface area contributed by atoms with Gasteiger partial charge in [-0.3, -0.25) is 9.78 Å². The molecule has 1 aromatic heterocycles. The van der Waals surface area contributed by atoms with Crippen molar-refractivity contribution in [1.29, 1.82) is 0 Å². The molecular weight excluding hydrogens is 401 g/mol. The molecule has 6 nitrogen and oxygen atoms in total. The summed E-state index contributed by atoms with van der Waals surface area (Å²) in [6.07, 6.45) is 1.20. The van der Waals surface area contributed by atoms with E-state index in [2.05, 4.69) is 9.88 Å². The highest BCUT2D eigenvalue weighted by Gasteiger charge is 2.49. The lowest BCUT2D eigenvalue weighted by Crippen LogP contribution is -2.44. The van der Waals surface area contributed by atoms with Crippen molar-refractivity contribution in [2.75, 3.05) is 31.2 Å². The molecule has 0 radical (unpaired) electrons. The van der Waals surface area contributed by atoms with E-state index >= 15 is 0 Å². The first-order chi connectivity index (χ1) is 14.3. The highest BCUT2D eigenvalue weighted by Crippen LogP contribution is 2.44. The molecule has 2 heterocycles. The maximum atomic E-state index is 12.8. The Kier molecular flexibility index (Phi) is 6.09. The van der Waals surface area contributed by atoms with E-state index in [0.717, 1.165) is 5.69 Å². The van der Waals surface area contributed by atoms with Crippen LogP contribution in [0.15, 0.2) is 18.5 Å². The molecular formula is C21H27F3N2O4. The fraction of sp³-hybridized carbons (Fsp3) is 0.714. The normalized spacial score (nSPS) is 32.0. The molecule has 166 valence electrons. The molecule has 1 N–H and O–H groups in total. The average molecular weight is 428 g/mol. The van der Waals surface area contributed by atoms with Crippen molar-refractivity contribution in [2.45, 2.75) is 44.4 Å². The first-order valence-corrected chi connectivity index (χ1v) is 10.5. The van der Waals surface area contributed by atoms with Crippen LogP contribution in [0.3, 0.4) is 0 Å². The number of aliphatic carboxylic acids is 1. The summed E-state index contributed by atoms with van der Waals surface area (Å²) in [5.41, 5.74) is 0.883. The first-order valence-electron chi connectivity index (χ1n) is 10.5. The molecule has 0 spiro atoms. The van der Waals surface area contributed by atoms with Crippen LogP contribution in [0.25, 0.3) is 0 Å². The number of rotatable bonds is 6. The highest BCUT2D eigenvalue weighted by molar-refractivity contribution is 5.73. The zero-order valence-corrected chi connectivity index (χ0v) is 16.7. The summed E-state index contributed by atoms with van der Waals surface area (Å²) in [6, 6.07) is 1.89. The molecule has 0 bridgehead atoms. The van der Waals surface area contributed by atoms with Crippen molar-refractivity contribution >= 4 is 11.7 Å². The van der Waals surface area contributed by atoms with E-state index in [4.69, 9.17) is 14.6 Å². The third-order valence-electron chi connectivity index (χ3n) is 6.59. The molecule has 2 aliphatic carbocycles. The third kappa shape index (κ3) is 4.99. The SMILES string of the molecule is O=C(O)[C@H]1C[C@@H]1[C@H]1CN(c2cncc(OCC3CCC(C(F)(F)F)CC3)c2)CCO1. The molecule has 2 saturated carbocycles. The van der Waals surface area contributed by atoms with Gasteiger partial charge in [0.2, 0.25) is 0 Å². The summed E-state index contributed by atoms with van der Waals surface area (Å²) in [5.74, 6) is -1.46. The number of hydrogen-bond donors (Lipinski definition) is 1. The minimum atomic E-state index is -4.09. The van der Waals surface area contributed by atoms with E-state index in [1.165, 1.54) is 0 Å². The van der Waals surface area contributed by atoms with Crippen LogP contribution in [-0.4, -0.2) is 54.6 Å². The summed E-state index contributed by atoms with van der Waals surface area (Å²) in [7, 11) is 0. The Labute approximate surface area is 173 Å². The number of anilines is 1. The van der Waals surface area contributed by atoms with Gasteiger partial charge in [0.05, 0.1) is 49.2 Å². The second-order valence-electron chi connectivity index (χ2n) is 8.65. The predicted molar refractivity (Wildman–Crippen MR) is 102 cm³/mol. The minimum Gasteiger partial charge on any atom is -0.492 e. The van der Waals surface area contributed by atoms with Crippen LogP contribution >= 0.6 is 0 Å². The van der Waals surface area contributed by atoms with Gasteiger partial charge < -0.3 is 19.5 Å². The molecule has 9 heteroatoms. The number of aromatic nitrogens is 1. The van der Waals surface area contributed by atoms with Crippen molar-refractivity contribution in [3.8, 4) is 5.75 Å². The number of carbonyl (C=O) groups is 1. The molecule has 3 atom stereocenters. The third-order valence-corrected chi connectivity index (χ3v) is 6.59. The fourth-order valence-corrected chi connectivity index (χ4v) is 4.61. The second kappa shape index (κ2) is 8.61. The summed E-state index contributed by atoms with van der Waals surface area (Å²) in [4.78, 5) is 17.5. The Morgan fingerprint density at radius 2 is 2.03 bits per heavy atom. The summed E-state index contributed by atoms with van der Waals surface area (Å²) >= 11 is 0. The Bertz CT molecular complexity index is 752. The number of carboxylic acid groups (broad SMARTS) is 1. The zero-order valence-electron chi connectivity index (χ0n) is 16.7. The van der Waals surface area contributed by atoms with Crippen molar-refractivity contribution in [2.24, 2.45) is 23.7 Å². The largest absolute Gasteiger partial charge is 0.492 e. The number of pyridine rings is 1. The number of carboxylic acids is 1. The Hall–Kier alpha value is -2.03. The summed E-state index contributed by atoms with van der Waals surface area (Å²) in [5, 5.41) is 9.14. The number of hydrogen-bond acceptors (Lipinski definition) is 5. The molecule has 1 saturated heterocycles. The van der Waals surface area contributed by atoms with Crippen LogP contribution in [0, 0.1) is 23.7 Å². The number of morpholine rings is 1. The fourth-order valence-electron chi connectivity index (χ4n) is 4.61. The number of nitrogens with zero attached hydrogens (tertiary/aromatic N) is 2. The smallest absolute Gasteiger partial charge is 0.391 e. The van der Waals surface area contributed by atoms with Gasteiger partial charge in [0.25, 0.3) is 0 Å². The van der Waals surface area contributed by atoms with Crippen molar-refractivity contribution in [3.05, 3.63) is 18.5 Å². The first kappa shape index (κ1) is 21.2. The van der Waals surface area contributed by atoms with Gasteiger partial charge in [-0.2, -0.15) is 13.2 Å². The van der Waals surface area contributed by atoms with Crippen molar-refractivity contribution < 1.29 is 32.5 Å². The van der Waals surface area contributed by atoms with Gasteiger partial charge >= 0.3 is 12.1 Å². The maximum Gasteiger partial charge on any atom is 0.391 e. The highest BCUT2D eigenvalue weighted by atomic mass is 19.4. The van der Waals surface area contributed by atoms with Gasteiger partial charge in [0.15, 0.2) is 0 Å². The van der Waals surface area contributed by atoms with Gasteiger partial charge in [-0.25, -0.2) is 0 Å². The van der Waals surface area contributed by atoms with Crippen LogP contribution < -0.4 is 9.64 Å². The van der Waals surface area contributed by atoms with Gasteiger partial charge in [0.1, 0.15) is 5.75 Å². The predicted octanol–water partition coefficient (Wildman–Crippen LogP) is 3.76.